The molecule has 1 aromatic carbocycles. The smallest absolute Gasteiger partial charge is 0.409 e. The number of nitrogens with zero attached hydrogens (tertiary/aromatic N) is 3. The Kier molecular flexibility index (Phi) is 11.8. The number of amides is 1. The molecule has 6 aliphatic rings. The highest BCUT2D eigenvalue weighted by atomic mass is 16.7. The van der Waals surface area contributed by atoms with Crippen molar-refractivity contribution in [3.8, 4) is 5.69 Å². The van der Waals surface area contributed by atoms with Gasteiger partial charge in [0.15, 0.2) is 6.29 Å². The minimum Gasteiger partial charge on any atom is -0.446 e. The van der Waals surface area contributed by atoms with Crippen LogP contribution in [0.2, 0.25) is 0 Å². The summed E-state index contributed by atoms with van der Waals surface area (Å²) in [5.41, 5.74) is 1.27. The average Bonchev–Trinajstić information content (AvgIpc) is 3.74. The number of carbonyl (C=O) groups is 1. The standard InChI is InChI=1S/C49H72N4O6/c1-8-47(6)27-24-37-46(4,5)39(59-43(54)50-40-19-15-30-51-44(55)52(45(56)53(40)51)35-17-10-9-11-18-35)25-28-48(37,7)38(47)22-21-34-16-14-26-49(29-23-36(33(2)3)42(34)49)32-58-41-20-12-13-31-57-41/h9-11,15,17-19,34,36-42H,2,8,12-14,16,20-32H2,1,3-7H3,(H,50,54)/t34?,36-,37?,38?,39-,40?,41?,42?,47+,48-,49-/m0/s1. The molecular formula is C49H72N4O6. The summed E-state index contributed by atoms with van der Waals surface area (Å²) in [4.78, 5) is 40.8. The van der Waals surface area contributed by atoms with Crippen molar-refractivity contribution in [2.75, 3.05) is 13.2 Å². The fourth-order valence-corrected chi connectivity index (χ4v) is 14.3. The zero-order valence-electron chi connectivity index (χ0n) is 36.9. The van der Waals surface area contributed by atoms with Crippen molar-refractivity contribution in [2.45, 2.75) is 163 Å². The molecule has 1 amide bonds. The van der Waals surface area contributed by atoms with Crippen LogP contribution in [0.15, 0.2) is 64.2 Å². The number of aromatic nitrogens is 3. The minimum atomic E-state index is -0.835. The van der Waals surface area contributed by atoms with Gasteiger partial charge in [-0.1, -0.05) is 90.3 Å². The van der Waals surface area contributed by atoms with Gasteiger partial charge in [-0.05, 0) is 148 Å². The third kappa shape index (κ3) is 7.54. The van der Waals surface area contributed by atoms with Gasteiger partial charge in [0.25, 0.3) is 0 Å². The van der Waals surface area contributed by atoms with Crippen molar-refractivity contribution >= 4 is 6.09 Å². The van der Waals surface area contributed by atoms with E-state index in [1.807, 2.05) is 12.1 Å². The number of nitrogens with one attached hydrogen (secondary N) is 1. The van der Waals surface area contributed by atoms with E-state index in [0.29, 0.717) is 35.3 Å². The molecule has 5 fully saturated rings. The maximum absolute atomic E-state index is 13.8. The first-order valence-corrected chi connectivity index (χ1v) is 23.2. The Bertz CT molecular complexity index is 1990. The second-order valence-electron chi connectivity index (χ2n) is 20.8. The highest BCUT2D eigenvalue weighted by Crippen LogP contribution is 2.67. The molecule has 10 nitrogen and oxygen atoms in total. The second kappa shape index (κ2) is 16.5. The molecule has 4 saturated carbocycles. The number of fused-ring (bicyclic) bond motifs is 3. The molecule has 324 valence electrons. The predicted molar refractivity (Wildman–Crippen MR) is 231 cm³/mol. The van der Waals surface area contributed by atoms with Crippen LogP contribution in [-0.4, -0.2) is 45.6 Å². The van der Waals surface area contributed by atoms with Crippen molar-refractivity contribution in [2.24, 2.45) is 51.2 Å². The predicted octanol–water partition coefficient (Wildman–Crippen LogP) is 9.94. The van der Waals surface area contributed by atoms with Crippen LogP contribution in [-0.2, 0) is 20.8 Å². The van der Waals surface area contributed by atoms with Gasteiger partial charge in [0, 0.05) is 12.0 Å². The molecule has 3 heterocycles. The van der Waals surface area contributed by atoms with Gasteiger partial charge in [0.05, 0.1) is 18.8 Å². The van der Waals surface area contributed by atoms with Gasteiger partial charge in [-0.3, -0.25) is 5.32 Å². The van der Waals surface area contributed by atoms with Gasteiger partial charge in [-0.15, -0.1) is 0 Å². The molecule has 2 aliphatic heterocycles. The zero-order valence-corrected chi connectivity index (χ0v) is 36.9. The number of rotatable bonds is 11. The van der Waals surface area contributed by atoms with Crippen LogP contribution in [0.25, 0.3) is 5.69 Å². The summed E-state index contributed by atoms with van der Waals surface area (Å²) >= 11 is 0. The molecule has 0 spiro atoms. The van der Waals surface area contributed by atoms with Crippen LogP contribution in [0.5, 0.6) is 0 Å². The topological polar surface area (TPSA) is 106 Å². The highest BCUT2D eigenvalue weighted by molar-refractivity contribution is 5.68. The van der Waals surface area contributed by atoms with E-state index in [1.165, 1.54) is 79.1 Å². The summed E-state index contributed by atoms with van der Waals surface area (Å²) in [7, 11) is 0. The normalized spacial score (nSPS) is 37.5. The Morgan fingerprint density at radius 3 is 2.46 bits per heavy atom. The molecule has 59 heavy (non-hydrogen) atoms. The van der Waals surface area contributed by atoms with Crippen molar-refractivity contribution in [1.29, 1.82) is 0 Å². The molecule has 2 aromatic rings. The Hall–Kier alpha value is -3.37. The fourth-order valence-electron chi connectivity index (χ4n) is 14.3. The van der Waals surface area contributed by atoms with Gasteiger partial charge in [0.1, 0.15) is 12.3 Å². The number of carbonyl (C=O) groups excluding carboxylic acids is 1. The third-order valence-electron chi connectivity index (χ3n) is 17.4. The molecule has 1 N–H and O–H groups in total. The van der Waals surface area contributed by atoms with Gasteiger partial charge < -0.3 is 14.2 Å². The number of alkyl carbamates (subject to hydrolysis) is 1. The lowest BCUT2D eigenvalue weighted by molar-refractivity contribution is -0.190. The van der Waals surface area contributed by atoms with E-state index >= 15 is 0 Å². The van der Waals surface area contributed by atoms with Gasteiger partial charge in [-0.25, -0.2) is 28.3 Å². The van der Waals surface area contributed by atoms with Crippen LogP contribution in [0.3, 0.4) is 0 Å². The summed E-state index contributed by atoms with van der Waals surface area (Å²) in [6, 6.07) is 8.90. The van der Waals surface area contributed by atoms with Gasteiger partial charge in [-0.2, -0.15) is 0 Å². The molecule has 8 rings (SSSR count). The van der Waals surface area contributed by atoms with E-state index < -0.39 is 23.6 Å². The van der Waals surface area contributed by atoms with Crippen molar-refractivity contribution < 1.29 is 19.0 Å². The number of hydrogen-bond donors (Lipinski definition) is 1. The lowest BCUT2D eigenvalue weighted by Crippen LogP contribution is -2.59. The molecule has 1 aromatic heterocycles. The Labute approximate surface area is 352 Å². The molecule has 10 heteroatoms. The Morgan fingerprint density at radius 2 is 1.73 bits per heavy atom. The maximum atomic E-state index is 13.8. The first-order valence-electron chi connectivity index (χ1n) is 23.2. The highest BCUT2D eigenvalue weighted by Gasteiger charge is 2.61. The fraction of sp³-hybridized carbons (Fsp3) is 0.735. The quantitative estimate of drug-likeness (QED) is 0.227. The number of ether oxygens (including phenoxy) is 3. The maximum Gasteiger partial charge on any atom is 0.409 e. The first-order chi connectivity index (χ1) is 28.2. The zero-order chi connectivity index (χ0) is 41.7. The first kappa shape index (κ1) is 42.3. The minimum absolute atomic E-state index is 0.0405. The van der Waals surface area contributed by atoms with E-state index in [0.717, 1.165) is 49.9 Å². The van der Waals surface area contributed by atoms with Crippen LogP contribution in [0, 0.1) is 51.2 Å². The molecule has 4 aliphatic carbocycles. The summed E-state index contributed by atoms with van der Waals surface area (Å²) in [6.45, 7) is 20.9. The number of hydrogen-bond acceptors (Lipinski definition) is 6. The molecular weight excluding hydrogens is 741 g/mol. The monoisotopic (exact) mass is 813 g/mol. The van der Waals surface area contributed by atoms with Crippen LogP contribution < -0.4 is 16.7 Å². The molecule has 0 bridgehead atoms. The molecule has 11 atom stereocenters. The lowest BCUT2D eigenvalue weighted by Gasteiger charge is -2.64. The number of benzene rings is 1. The average molecular weight is 813 g/mol. The second-order valence-corrected chi connectivity index (χ2v) is 20.8. The van der Waals surface area contributed by atoms with Crippen molar-refractivity contribution in [3.63, 3.8) is 0 Å². The van der Waals surface area contributed by atoms with Crippen LogP contribution in [0.4, 0.5) is 4.79 Å². The molecule has 1 saturated heterocycles. The van der Waals surface area contributed by atoms with E-state index in [1.54, 1.807) is 30.3 Å². The number of para-hydroxylation sites is 1. The van der Waals surface area contributed by atoms with Crippen molar-refractivity contribution in [3.05, 3.63) is 75.6 Å². The lowest BCUT2D eigenvalue weighted by atomic mass is 9.41. The van der Waals surface area contributed by atoms with E-state index in [9.17, 15) is 14.4 Å². The van der Waals surface area contributed by atoms with E-state index in [2.05, 4.69) is 53.4 Å². The van der Waals surface area contributed by atoms with E-state index in [-0.39, 0.29) is 40.6 Å². The number of allylic oxidation sites excluding steroid dienone is 2. The van der Waals surface area contributed by atoms with E-state index in [4.69, 9.17) is 14.2 Å². The largest absolute Gasteiger partial charge is 0.446 e. The SMILES string of the molecule is C=C(C)[C@@H]1CC[C@]2(COC3CCCCO3)CCCC(CCC3[C@](C)(CC)CCC4C(C)(C)[C@@H](OC(=O)NC5C=CCn6c(=O)n(-c7ccccc7)c(=O)n65)CC[C@@]43C)C12. The van der Waals surface area contributed by atoms with Crippen molar-refractivity contribution in [1.82, 2.24) is 19.2 Å². The summed E-state index contributed by atoms with van der Waals surface area (Å²) in [6.07, 6.45) is 19.3. The molecule has 0 radical (unpaired) electrons. The molecule has 6 unspecified atom stereocenters. The third-order valence-corrected chi connectivity index (χ3v) is 17.4. The Morgan fingerprint density at radius 1 is 0.932 bits per heavy atom. The van der Waals surface area contributed by atoms with Crippen LogP contribution in [0.1, 0.15) is 144 Å². The summed E-state index contributed by atoms with van der Waals surface area (Å²) in [5, 5.41) is 2.94. The summed E-state index contributed by atoms with van der Waals surface area (Å²) < 4.78 is 23.0. The van der Waals surface area contributed by atoms with Gasteiger partial charge in [0.2, 0.25) is 0 Å². The summed E-state index contributed by atoms with van der Waals surface area (Å²) in [5.74, 6) is 2.84. The Balaban J connectivity index is 0.972. The van der Waals surface area contributed by atoms with Crippen LogP contribution >= 0.6 is 0 Å². The van der Waals surface area contributed by atoms with Gasteiger partial charge >= 0.3 is 17.5 Å².